The number of ether oxygens (including phenoxy) is 1. The van der Waals surface area contributed by atoms with E-state index in [-0.39, 0.29) is 11.4 Å². The fourth-order valence-corrected chi connectivity index (χ4v) is 2.96. The van der Waals surface area contributed by atoms with Crippen molar-refractivity contribution in [2.75, 3.05) is 6.61 Å². The molecule has 0 aromatic heterocycles. The van der Waals surface area contributed by atoms with Crippen molar-refractivity contribution in [3.63, 3.8) is 0 Å². The molecule has 2 rings (SSSR count). The highest BCUT2D eigenvalue weighted by Crippen LogP contribution is 2.69. The van der Waals surface area contributed by atoms with Crippen molar-refractivity contribution >= 4 is 5.97 Å². The van der Waals surface area contributed by atoms with Crippen LogP contribution in [0.2, 0.25) is 0 Å². The second-order valence-corrected chi connectivity index (χ2v) is 5.75. The minimum atomic E-state index is -0.420. The van der Waals surface area contributed by atoms with Gasteiger partial charge in [0.25, 0.3) is 0 Å². The Hall–Kier alpha value is -1.57. The molecule has 0 heterocycles. The summed E-state index contributed by atoms with van der Waals surface area (Å²) in [6.45, 7) is 10.5. The fourth-order valence-electron chi connectivity index (χ4n) is 2.96. The summed E-state index contributed by atoms with van der Waals surface area (Å²) in [4.78, 5) is 12.4. The van der Waals surface area contributed by atoms with Gasteiger partial charge < -0.3 is 4.74 Å². The Morgan fingerprint density at radius 3 is 2.47 bits per heavy atom. The molecule has 1 aromatic rings. The van der Waals surface area contributed by atoms with Crippen molar-refractivity contribution in [3.05, 3.63) is 48.0 Å². The van der Waals surface area contributed by atoms with Crippen molar-refractivity contribution in [3.8, 4) is 0 Å². The average Bonchev–Trinajstić information content (AvgIpc) is 2.99. The van der Waals surface area contributed by atoms with Crippen molar-refractivity contribution in [2.24, 2.45) is 10.8 Å². The number of carbonyl (C=O) groups is 1. The number of hydrogen-bond donors (Lipinski definition) is 0. The molecule has 1 saturated carbocycles. The highest BCUT2D eigenvalue weighted by atomic mass is 16.5. The van der Waals surface area contributed by atoms with Gasteiger partial charge >= 0.3 is 5.97 Å². The van der Waals surface area contributed by atoms with Crippen LogP contribution in [-0.2, 0) is 16.0 Å². The van der Waals surface area contributed by atoms with Gasteiger partial charge in [0.15, 0.2) is 0 Å². The number of esters is 1. The van der Waals surface area contributed by atoms with Crippen LogP contribution in [0.25, 0.3) is 0 Å². The maximum atomic E-state index is 12.4. The van der Waals surface area contributed by atoms with Gasteiger partial charge in [-0.2, -0.15) is 0 Å². The summed E-state index contributed by atoms with van der Waals surface area (Å²) in [5.74, 6) is -0.0793. The van der Waals surface area contributed by atoms with Crippen LogP contribution >= 0.6 is 0 Å². The molecule has 1 aliphatic rings. The summed E-state index contributed by atoms with van der Waals surface area (Å²) in [6.07, 6.45) is 1.57. The quantitative estimate of drug-likeness (QED) is 0.593. The molecular formula is C17H22O2. The van der Waals surface area contributed by atoms with Gasteiger partial charge in [-0.25, -0.2) is 0 Å². The first-order chi connectivity index (χ1) is 8.96. The van der Waals surface area contributed by atoms with E-state index in [1.54, 1.807) is 0 Å². The first-order valence-electron chi connectivity index (χ1n) is 6.83. The Balaban J connectivity index is 2.28. The zero-order valence-corrected chi connectivity index (χ0v) is 12.0. The van der Waals surface area contributed by atoms with Crippen molar-refractivity contribution in [2.45, 2.75) is 33.6 Å². The molecule has 2 heteroatoms. The largest absolute Gasteiger partial charge is 0.466 e. The highest BCUT2D eigenvalue weighted by Gasteiger charge is 2.69. The molecule has 0 N–H and O–H groups in total. The smallest absolute Gasteiger partial charge is 0.313 e. The van der Waals surface area contributed by atoms with E-state index in [4.69, 9.17) is 4.74 Å². The van der Waals surface area contributed by atoms with Gasteiger partial charge in [-0.15, -0.1) is 0 Å². The second kappa shape index (κ2) is 4.84. The minimum Gasteiger partial charge on any atom is -0.466 e. The lowest BCUT2D eigenvalue weighted by Gasteiger charge is -2.22. The lowest BCUT2D eigenvalue weighted by atomic mass is 9.84. The SMILES string of the molecule is C=C(C)[C@]1(C)C[C@@]1(Cc1ccccc1)C(=O)OCC. The fraction of sp³-hybridized carbons (Fsp3) is 0.471. The molecule has 0 radical (unpaired) electrons. The molecule has 19 heavy (non-hydrogen) atoms. The molecular weight excluding hydrogens is 236 g/mol. The van der Waals surface area contributed by atoms with Gasteiger partial charge in [0.1, 0.15) is 0 Å². The molecule has 0 saturated heterocycles. The van der Waals surface area contributed by atoms with Crippen LogP contribution in [0.3, 0.4) is 0 Å². The van der Waals surface area contributed by atoms with E-state index in [1.807, 2.05) is 32.0 Å². The van der Waals surface area contributed by atoms with Crippen LogP contribution in [-0.4, -0.2) is 12.6 Å². The van der Waals surface area contributed by atoms with Crippen LogP contribution in [0, 0.1) is 10.8 Å². The second-order valence-electron chi connectivity index (χ2n) is 5.75. The summed E-state index contributed by atoms with van der Waals surface area (Å²) < 4.78 is 5.31. The number of carbonyl (C=O) groups excluding carboxylic acids is 1. The number of benzene rings is 1. The predicted molar refractivity (Wildman–Crippen MR) is 76.8 cm³/mol. The van der Waals surface area contributed by atoms with E-state index in [2.05, 4.69) is 25.6 Å². The van der Waals surface area contributed by atoms with Crippen LogP contribution in [0.5, 0.6) is 0 Å². The number of hydrogen-bond acceptors (Lipinski definition) is 2. The van der Waals surface area contributed by atoms with E-state index in [9.17, 15) is 4.79 Å². The molecule has 0 spiro atoms. The topological polar surface area (TPSA) is 26.3 Å². The Morgan fingerprint density at radius 1 is 1.37 bits per heavy atom. The van der Waals surface area contributed by atoms with E-state index < -0.39 is 5.41 Å². The third kappa shape index (κ3) is 2.20. The Kier molecular flexibility index (Phi) is 3.53. The third-order valence-corrected chi connectivity index (χ3v) is 4.54. The lowest BCUT2D eigenvalue weighted by molar-refractivity contribution is -0.151. The minimum absolute atomic E-state index is 0.0793. The summed E-state index contributed by atoms with van der Waals surface area (Å²) >= 11 is 0. The first-order valence-corrected chi connectivity index (χ1v) is 6.83. The lowest BCUT2D eigenvalue weighted by Crippen LogP contribution is -2.28. The zero-order valence-electron chi connectivity index (χ0n) is 12.0. The maximum Gasteiger partial charge on any atom is 0.313 e. The standard InChI is InChI=1S/C17H22O2/c1-5-19-15(18)17(12-16(17,4)13(2)3)11-14-9-7-6-8-10-14/h6-10H,2,5,11-12H2,1,3-4H3/t16-,17-/m0/s1. The maximum absolute atomic E-state index is 12.4. The van der Waals surface area contributed by atoms with Gasteiger partial charge in [0.2, 0.25) is 0 Å². The van der Waals surface area contributed by atoms with Gasteiger partial charge in [-0.1, -0.05) is 49.4 Å². The van der Waals surface area contributed by atoms with Gasteiger partial charge in [0.05, 0.1) is 12.0 Å². The first kappa shape index (κ1) is 13.9. The van der Waals surface area contributed by atoms with Gasteiger partial charge in [-0.05, 0) is 32.3 Å². The summed E-state index contributed by atoms with van der Waals surface area (Å²) in [7, 11) is 0. The molecule has 1 aromatic carbocycles. The summed E-state index contributed by atoms with van der Waals surface area (Å²) in [5.41, 5.74) is 1.70. The molecule has 1 aliphatic carbocycles. The molecule has 2 nitrogen and oxygen atoms in total. The van der Waals surface area contributed by atoms with Crippen molar-refractivity contribution < 1.29 is 9.53 Å². The zero-order chi connectivity index (χ0) is 14.1. The Labute approximate surface area is 115 Å². The molecule has 0 bridgehead atoms. The van der Waals surface area contributed by atoms with E-state index in [0.29, 0.717) is 6.61 Å². The van der Waals surface area contributed by atoms with E-state index >= 15 is 0 Å². The summed E-state index contributed by atoms with van der Waals surface area (Å²) in [6, 6.07) is 10.1. The van der Waals surface area contributed by atoms with E-state index in [0.717, 1.165) is 18.4 Å². The van der Waals surface area contributed by atoms with Crippen LogP contribution in [0.1, 0.15) is 32.8 Å². The molecule has 1 fully saturated rings. The predicted octanol–water partition coefficient (Wildman–Crippen LogP) is 3.76. The van der Waals surface area contributed by atoms with Crippen molar-refractivity contribution in [1.29, 1.82) is 0 Å². The van der Waals surface area contributed by atoms with Gasteiger partial charge in [-0.3, -0.25) is 4.79 Å². The summed E-state index contributed by atoms with van der Waals surface area (Å²) in [5, 5.41) is 0. The van der Waals surface area contributed by atoms with Crippen LogP contribution in [0.15, 0.2) is 42.5 Å². The van der Waals surface area contributed by atoms with Gasteiger partial charge in [0, 0.05) is 5.41 Å². The Morgan fingerprint density at radius 2 is 2.00 bits per heavy atom. The molecule has 0 unspecified atom stereocenters. The molecule has 2 atom stereocenters. The number of rotatable bonds is 5. The van der Waals surface area contributed by atoms with Crippen LogP contribution in [0.4, 0.5) is 0 Å². The number of allylic oxidation sites excluding steroid dienone is 1. The average molecular weight is 258 g/mol. The molecule has 0 aliphatic heterocycles. The normalized spacial score (nSPS) is 28.8. The Bertz CT molecular complexity index is 491. The van der Waals surface area contributed by atoms with E-state index in [1.165, 1.54) is 5.56 Å². The van der Waals surface area contributed by atoms with Crippen molar-refractivity contribution in [1.82, 2.24) is 0 Å². The van der Waals surface area contributed by atoms with Crippen LogP contribution < -0.4 is 0 Å². The highest BCUT2D eigenvalue weighted by molar-refractivity contribution is 5.83. The molecule has 102 valence electrons. The third-order valence-electron chi connectivity index (χ3n) is 4.54. The monoisotopic (exact) mass is 258 g/mol. The molecule has 0 amide bonds.